The van der Waals surface area contributed by atoms with E-state index in [9.17, 15) is 9.59 Å². The average molecular weight is 427 g/mol. The maximum Gasteiger partial charge on any atom is 0.231 e. The monoisotopic (exact) mass is 426 g/mol. The number of hydrogen-bond acceptors (Lipinski definition) is 5. The Balaban J connectivity index is 1.42. The number of amides is 2. The van der Waals surface area contributed by atoms with Crippen molar-refractivity contribution in [1.82, 2.24) is 10.2 Å². The quantitative estimate of drug-likeness (QED) is 0.756. The Labute approximate surface area is 184 Å². The number of carbonyl (C=O) groups is 2. The van der Waals surface area contributed by atoms with Crippen LogP contribution in [-0.2, 0) is 9.59 Å². The molecular formula is C24H34N4O3. The summed E-state index contributed by atoms with van der Waals surface area (Å²) in [5.74, 6) is 1.45. The third-order valence-corrected chi connectivity index (χ3v) is 7.04. The summed E-state index contributed by atoms with van der Waals surface area (Å²) < 4.78 is 6.31. The number of aliphatic imine (C=N–C) groups is 1. The van der Waals surface area contributed by atoms with Crippen LogP contribution in [0.3, 0.4) is 0 Å². The Morgan fingerprint density at radius 3 is 2.71 bits per heavy atom. The van der Waals surface area contributed by atoms with Gasteiger partial charge in [-0.2, -0.15) is 0 Å². The van der Waals surface area contributed by atoms with Crippen LogP contribution >= 0.6 is 0 Å². The van der Waals surface area contributed by atoms with Gasteiger partial charge >= 0.3 is 0 Å². The summed E-state index contributed by atoms with van der Waals surface area (Å²) >= 11 is 0. The largest absolute Gasteiger partial charge is 0.487 e. The first-order chi connectivity index (χ1) is 14.5. The maximum atomic E-state index is 13.1. The van der Waals surface area contributed by atoms with Crippen LogP contribution in [0.4, 0.5) is 0 Å². The summed E-state index contributed by atoms with van der Waals surface area (Å²) in [5, 5.41) is 3.27. The Morgan fingerprint density at radius 2 is 2.03 bits per heavy atom. The fraction of sp³-hybridized carbons (Fsp3) is 0.625. The van der Waals surface area contributed by atoms with E-state index in [4.69, 9.17) is 10.5 Å². The highest BCUT2D eigenvalue weighted by atomic mass is 16.5. The first-order valence-corrected chi connectivity index (χ1v) is 11.2. The van der Waals surface area contributed by atoms with Crippen molar-refractivity contribution in [3.63, 3.8) is 0 Å². The minimum Gasteiger partial charge on any atom is -0.487 e. The molecule has 168 valence electrons. The van der Waals surface area contributed by atoms with Gasteiger partial charge in [-0.1, -0.05) is 32.0 Å². The highest BCUT2D eigenvalue weighted by Crippen LogP contribution is 2.45. The molecule has 0 bridgehead atoms. The number of benzene rings is 1. The fourth-order valence-electron chi connectivity index (χ4n) is 4.63. The molecule has 2 heterocycles. The van der Waals surface area contributed by atoms with E-state index in [1.165, 1.54) is 0 Å². The molecule has 7 nitrogen and oxygen atoms in total. The van der Waals surface area contributed by atoms with Crippen molar-refractivity contribution >= 4 is 17.8 Å². The lowest BCUT2D eigenvalue weighted by Crippen LogP contribution is -2.50. The number of nitrogens with two attached hydrogens (primary N) is 1. The number of nitrogens with zero attached hydrogens (tertiary/aromatic N) is 2. The minimum absolute atomic E-state index is 0.0189. The lowest BCUT2D eigenvalue weighted by molar-refractivity contribution is -0.130. The SMILES string of the molecule is CC(C)C1(C)CC(NC(=O)C2CC2CN2C(=O)CC(C)(C)N=C2N)c2ccccc2O1. The zero-order chi connectivity index (χ0) is 22.6. The summed E-state index contributed by atoms with van der Waals surface area (Å²) in [4.78, 5) is 31.5. The van der Waals surface area contributed by atoms with Gasteiger partial charge in [0.15, 0.2) is 5.96 Å². The van der Waals surface area contributed by atoms with Crippen molar-refractivity contribution in [2.45, 2.75) is 71.1 Å². The van der Waals surface area contributed by atoms with Gasteiger partial charge in [-0.15, -0.1) is 0 Å². The van der Waals surface area contributed by atoms with Gasteiger partial charge in [-0.05, 0) is 45.1 Å². The molecule has 0 aromatic heterocycles. The van der Waals surface area contributed by atoms with Crippen LogP contribution in [0.5, 0.6) is 5.75 Å². The number of guanidine groups is 1. The van der Waals surface area contributed by atoms with Crippen LogP contribution in [0.25, 0.3) is 0 Å². The van der Waals surface area contributed by atoms with Gasteiger partial charge in [0.2, 0.25) is 11.8 Å². The van der Waals surface area contributed by atoms with Gasteiger partial charge in [-0.3, -0.25) is 14.5 Å². The Morgan fingerprint density at radius 1 is 1.32 bits per heavy atom. The van der Waals surface area contributed by atoms with Gasteiger partial charge < -0.3 is 15.8 Å². The normalized spacial score (nSPS) is 31.5. The number of rotatable bonds is 5. The molecule has 1 aromatic carbocycles. The van der Waals surface area contributed by atoms with Gasteiger partial charge in [0.1, 0.15) is 11.4 Å². The number of nitrogens with one attached hydrogen (secondary N) is 1. The molecule has 7 heteroatoms. The molecule has 4 atom stereocenters. The summed E-state index contributed by atoms with van der Waals surface area (Å²) in [6, 6.07) is 7.85. The van der Waals surface area contributed by atoms with Crippen LogP contribution in [-0.4, -0.2) is 40.4 Å². The van der Waals surface area contributed by atoms with Crippen molar-refractivity contribution in [3.05, 3.63) is 29.8 Å². The smallest absolute Gasteiger partial charge is 0.231 e. The van der Waals surface area contributed by atoms with E-state index in [0.29, 0.717) is 18.9 Å². The molecule has 3 N–H and O–H groups in total. The Bertz CT molecular complexity index is 925. The summed E-state index contributed by atoms with van der Waals surface area (Å²) in [6.45, 7) is 10.7. The molecule has 1 fully saturated rings. The molecule has 4 unspecified atom stereocenters. The predicted octanol–water partition coefficient (Wildman–Crippen LogP) is 3.00. The molecular weight excluding hydrogens is 392 g/mol. The van der Waals surface area contributed by atoms with E-state index in [1.807, 2.05) is 38.1 Å². The van der Waals surface area contributed by atoms with Gasteiger partial charge in [0, 0.05) is 24.4 Å². The molecule has 1 aromatic rings. The second kappa shape index (κ2) is 7.53. The molecule has 2 amide bonds. The third-order valence-electron chi connectivity index (χ3n) is 7.04. The van der Waals surface area contributed by atoms with Crippen LogP contribution in [0.2, 0.25) is 0 Å². The lowest BCUT2D eigenvalue weighted by Gasteiger charge is -2.42. The topological polar surface area (TPSA) is 97.0 Å². The van der Waals surface area contributed by atoms with Gasteiger partial charge in [0.05, 0.1) is 18.0 Å². The molecule has 0 spiro atoms. The van der Waals surface area contributed by atoms with Gasteiger partial charge in [0.25, 0.3) is 0 Å². The number of ether oxygens (including phenoxy) is 1. The fourth-order valence-corrected chi connectivity index (χ4v) is 4.63. The standard InChI is InChI=1S/C24H34N4O3/c1-14(2)24(5)11-18(16-8-6-7-9-19(16)31-24)26-21(30)17-10-15(17)13-28-20(29)12-23(3,4)27-22(28)25/h6-9,14-15,17-18H,10-13H2,1-5H3,(H2,25,27)(H,26,30). The Hall–Kier alpha value is -2.57. The van der Waals surface area contributed by atoms with Crippen molar-refractivity contribution in [3.8, 4) is 5.75 Å². The molecule has 1 aliphatic carbocycles. The van der Waals surface area contributed by atoms with Crippen molar-refractivity contribution in [1.29, 1.82) is 0 Å². The van der Waals surface area contributed by atoms with Crippen molar-refractivity contribution < 1.29 is 14.3 Å². The highest BCUT2D eigenvalue weighted by molar-refractivity contribution is 5.99. The molecule has 3 aliphatic rings. The second-order valence-corrected chi connectivity index (χ2v) is 10.4. The average Bonchev–Trinajstić information content (AvgIpc) is 3.43. The third kappa shape index (κ3) is 4.27. The van der Waals surface area contributed by atoms with Crippen molar-refractivity contribution in [2.75, 3.05) is 6.54 Å². The zero-order valence-corrected chi connectivity index (χ0v) is 19.1. The number of fused-ring (bicyclic) bond motifs is 1. The number of para-hydroxylation sites is 1. The predicted molar refractivity (Wildman–Crippen MR) is 119 cm³/mol. The molecule has 0 saturated heterocycles. The maximum absolute atomic E-state index is 13.1. The molecule has 2 aliphatic heterocycles. The van der Waals surface area contributed by atoms with Crippen LogP contribution < -0.4 is 15.8 Å². The van der Waals surface area contributed by atoms with E-state index in [-0.39, 0.29) is 41.3 Å². The number of hydrogen-bond donors (Lipinski definition) is 2. The first-order valence-electron chi connectivity index (χ1n) is 11.2. The van der Waals surface area contributed by atoms with Crippen LogP contribution in [0.1, 0.15) is 65.5 Å². The molecule has 1 saturated carbocycles. The van der Waals surface area contributed by atoms with E-state index >= 15 is 0 Å². The van der Waals surface area contributed by atoms with Crippen LogP contribution in [0, 0.1) is 17.8 Å². The van der Waals surface area contributed by atoms with E-state index < -0.39 is 5.54 Å². The summed E-state index contributed by atoms with van der Waals surface area (Å²) in [7, 11) is 0. The summed E-state index contributed by atoms with van der Waals surface area (Å²) in [6.07, 6.45) is 1.83. The summed E-state index contributed by atoms with van der Waals surface area (Å²) in [5.41, 5.74) is 6.27. The molecule has 31 heavy (non-hydrogen) atoms. The van der Waals surface area contributed by atoms with Gasteiger partial charge in [-0.25, -0.2) is 4.99 Å². The lowest BCUT2D eigenvalue weighted by atomic mass is 9.81. The molecule has 0 radical (unpaired) electrons. The Kier molecular flexibility index (Phi) is 5.26. The van der Waals surface area contributed by atoms with Crippen molar-refractivity contribution in [2.24, 2.45) is 28.5 Å². The van der Waals surface area contributed by atoms with E-state index in [0.717, 1.165) is 24.2 Å². The number of carbonyl (C=O) groups excluding carboxylic acids is 2. The van der Waals surface area contributed by atoms with E-state index in [1.54, 1.807) is 4.90 Å². The highest BCUT2D eigenvalue weighted by Gasteiger charge is 2.48. The zero-order valence-electron chi connectivity index (χ0n) is 19.1. The van der Waals surface area contributed by atoms with E-state index in [2.05, 4.69) is 31.1 Å². The molecule has 4 rings (SSSR count). The second-order valence-electron chi connectivity index (χ2n) is 10.4. The minimum atomic E-state index is -0.461. The van der Waals surface area contributed by atoms with Crippen LogP contribution in [0.15, 0.2) is 29.3 Å². The first kappa shape index (κ1) is 21.7.